The van der Waals surface area contributed by atoms with Crippen LogP contribution in [0.15, 0.2) is 72.8 Å². The number of imidazole rings is 1. The van der Waals surface area contributed by atoms with Crippen molar-refractivity contribution >= 4 is 11.0 Å². The lowest BCUT2D eigenvalue weighted by Crippen LogP contribution is -1.97. The molecule has 0 bridgehead atoms. The first-order chi connectivity index (χ1) is 14.8. The Kier molecular flexibility index (Phi) is 6.81. The summed E-state index contributed by atoms with van der Waals surface area (Å²) in [7, 11) is 0. The Labute approximate surface area is 179 Å². The Hall–Kier alpha value is -3.07. The van der Waals surface area contributed by atoms with Crippen molar-refractivity contribution < 1.29 is 4.74 Å². The number of hydrogen-bond donors (Lipinski definition) is 1. The summed E-state index contributed by atoms with van der Waals surface area (Å²) in [5.74, 6) is 1.85. The zero-order valence-corrected chi connectivity index (χ0v) is 17.7. The van der Waals surface area contributed by atoms with Crippen LogP contribution in [-0.4, -0.2) is 16.6 Å². The molecule has 154 valence electrons. The number of rotatable bonds is 10. The van der Waals surface area contributed by atoms with E-state index in [0.29, 0.717) is 0 Å². The molecule has 0 saturated heterocycles. The third-order valence-electron chi connectivity index (χ3n) is 5.50. The van der Waals surface area contributed by atoms with E-state index in [1.54, 1.807) is 0 Å². The maximum absolute atomic E-state index is 5.90. The number of ether oxygens (including phenoxy) is 1. The molecule has 1 aromatic heterocycles. The molecule has 0 aliphatic rings. The van der Waals surface area contributed by atoms with Gasteiger partial charge in [-0.05, 0) is 41.8 Å². The van der Waals surface area contributed by atoms with Gasteiger partial charge in [0.1, 0.15) is 11.6 Å². The molecule has 4 aromatic rings. The van der Waals surface area contributed by atoms with E-state index in [4.69, 9.17) is 4.74 Å². The minimum atomic E-state index is 0.803. The van der Waals surface area contributed by atoms with Gasteiger partial charge in [0.15, 0.2) is 0 Å². The molecule has 0 unspecified atom stereocenters. The van der Waals surface area contributed by atoms with Crippen LogP contribution in [0.25, 0.3) is 33.5 Å². The third kappa shape index (κ3) is 5.10. The average molecular weight is 399 g/mol. The summed E-state index contributed by atoms with van der Waals surface area (Å²) < 4.78 is 5.90. The van der Waals surface area contributed by atoms with Gasteiger partial charge in [-0.1, -0.05) is 87.6 Å². The molecule has 0 amide bonds. The molecule has 0 saturated carbocycles. The van der Waals surface area contributed by atoms with Gasteiger partial charge in [0.25, 0.3) is 0 Å². The Morgan fingerprint density at radius 2 is 1.33 bits per heavy atom. The number of nitrogens with zero attached hydrogens (tertiary/aromatic N) is 1. The van der Waals surface area contributed by atoms with E-state index in [0.717, 1.165) is 41.2 Å². The summed E-state index contributed by atoms with van der Waals surface area (Å²) in [4.78, 5) is 8.07. The Morgan fingerprint density at radius 3 is 2.07 bits per heavy atom. The highest BCUT2D eigenvalue weighted by Gasteiger charge is 2.06. The van der Waals surface area contributed by atoms with Gasteiger partial charge in [0, 0.05) is 5.56 Å². The number of unbranched alkanes of at least 4 members (excludes halogenated alkanes) is 5. The van der Waals surface area contributed by atoms with Gasteiger partial charge in [-0.2, -0.15) is 0 Å². The zero-order valence-electron chi connectivity index (χ0n) is 17.7. The SMILES string of the molecule is CCCCCCCCOc1ccc(-c2ccc(-c3nc4ccccc4[nH]3)cc2)cc1. The monoisotopic (exact) mass is 398 g/mol. The van der Waals surface area contributed by atoms with Gasteiger partial charge in [-0.3, -0.25) is 0 Å². The fourth-order valence-corrected chi connectivity index (χ4v) is 3.73. The van der Waals surface area contributed by atoms with E-state index in [-0.39, 0.29) is 0 Å². The topological polar surface area (TPSA) is 37.9 Å². The number of nitrogens with one attached hydrogen (secondary N) is 1. The Balaban J connectivity index is 1.33. The molecule has 0 atom stereocenters. The van der Waals surface area contributed by atoms with Crippen molar-refractivity contribution in [3.63, 3.8) is 0 Å². The van der Waals surface area contributed by atoms with Gasteiger partial charge >= 0.3 is 0 Å². The summed E-state index contributed by atoms with van der Waals surface area (Å²) in [5, 5.41) is 0. The van der Waals surface area contributed by atoms with Gasteiger partial charge < -0.3 is 9.72 Å². The van der Waals surface area contributed by atoms with Gasteiger partial charge in [0.05, 0.1) is 17.6 Å². The van der Waals surface area contributed by atoms with Crippen LogP contribution in [0.1, 0.15) is 45.4 Å². The number of hydrogen-bond acceptors (Lipinski definition) is 2. The summed E-state index contributed by atoms with van der Waals surface area (Å²) in [6.07, 6.45) is 7.71. The minimum absolute atomic E-state index is 0.803. The normalized spacial score (nSPS) is 11.1. The first kappa shape index (κ1) is 20.2. The molecule has 3 heteroatoms. The van der Waals surface area contributed by atoms with Gasteiger partial charge in [-0.15, -0.1) is 0 Å². The molecule has 4 rings (SSSR count). The second-order valence-electron chi connectivity index (χ2n) is 7.82. The largest absolute Gasteiger partial charge is 0.494 e. The minimum Gasteiger partial charge on any atom is -0.494 e. The van der Waals surface area contributed by atoms with Crippen LogP contribution in [0.3, 0.4) is 0 Å². The average Bonchev–Trinajstić information content (AvgIpc) is 3.23. The van der Waals surface area contributed by atoms with E-state index in [1.807, 2.05) is 18.2 Å². The predicted octanol–water partition coefficient (Wildman–Crippen LogP) is 7.64. The molecule has 0 fully saturated rings. The molecule has 0 spiro atoms. The van der Waals surface area contributed by atoms with E-state index in [2.05, 4.69) is 71.5 Å². The van der Waals surface area contributed by atoms with Crippen LogP contribution in [0, 0.1) is 0 Å². The van der Waals surface area contributed by atoms with Crippen molar-refractivity contribution in [1.29, 1.82) is 0 Å². The van der Waals surface area contributed by atoms with Gasteiger partial charge in [0.2, 0.25) is 0 Å². The van der Waals surface area contributed by atoms with E-state index in [1.165, 1.54) is 43.2 Å². The molecule has 30 heavy (non-hydrogen) atoms. The second kappa shape index (κ2) is 10.1. The zero-order chi connectivity index (χ0) is 20.6. The van der Waals surface area contributed by atoms with Crippen molar-refractivity contribution in [3.8, 4) is 28.3 Å². The highest BCUT2D eigenvalue weighted by Crippen LogP contribution is 2.26. The van der Waals surface area contributed by atoms with Crippen LogP contribution in [0.4, 0.5) is 0 Å². The van der Waals surface area contributed by atoms with E-state index in [9.17, 15) is 0 Å². The predicted molar refractivity (Wildman–Crippen MR) is 126 cm³/mol. The standard InChI is InChI=1S/C27H30N2O/c1-2-3-4-5-6-9-20-30-24-18-16-22(17-19-24)21-12-14-23(15-13-21)27-28-25-10-7-8-11-26(25)29-27/h7-8,10-19H,2-6,9,20H2,1H3,(H,28,29). The maximum Gasteiger partial charge on any atom is 0.138 e. The van der Waals surface area contributed by atoms with E-state index >= 15 is 0 Å². The van der Waals surface area contributed by atoms with Gasteiger partial charge in [-0.25, -0.2) is 4.98 Å². The molecular weight excluding hydrogens is 368 g/mol. The van der Waals surface area contributed by atoms with Crippen LogP contribution in [-0.2, 0) is 0 Å². The van der Waals surface area contributed by atoms with Crippen molar-refractivity contribution in [2.75, 3.05) is 6.61 Å². The summed E-state index contributed by atoms with van der Waals surface area (Å²) in [5.41, 5.74) is 5.53. The molecular formula is C27H30N2O. The van der Waals surface area contributed by atoms with E-state index < -0.39 is 0 Å². The van der Waals surface area contributed by atoms with Crippen LogP contribution in [0.5, 0.6) is 5.75 Å². The van der Waals surface area contributed by atoms with Crippen molar-refractivity contribution in [2.24, 2.45) is 0 Å². The van der Waals surface area contributed by atoms with Crippen LogP contribution < -0.4 is 4.74 Å². The number of aromatic amines is 1. The smallest absolute Gasteiger partial charge is 0.138 e. The van der Waals surface area contributed by atoms with Crippen molar-refractivity contribution in [3.05, 3.63) is 72.8 Å². The fourth-order valence-electron chi connectivity index (χ4n) is 3.73. The number of para-hydroxylation sites is 2. The number of H-pyrrole nitrogens is 1. The quantitative estimate of drug-likeness (QED) is 0.279. The van der Waals surface area contributed by atoms with Crippen LogP contribution >= 0.6 is 0 Å². The summed E-state index contributed by atoms with van der Waals surface area (Å²) >= 11 is 0. The molecule has 1 N–H and O–H groups in total. The fraction of sp³-hybridized carbons (Fsp3) is 0.296. The molecule has 0 radical (unpaired) electrons. The lowest BCUT2D eigenvalue weighted by molar-refractivity contribution is 0.304. The highest BCUT2D eigenvalue weighted by molar-refractivity contribution is 5.79. The molecule has 0 aliphatic carbocycles. The molecule has 3 aromatic carbocycles. The first-order valence-electron chi connectivity index (χ1n) is 11.1. The second-order valence-corrected chi connectivity index (χ2v) is 7.82. The Morgan fingerprint density at radius 1 is 0.700 bits per heavy atom. The molecule has 1 heterocycles. The lowest BCUT2D eigenvalue weighted by atomic mass is 10.0. The summed E-state index contributed by atoms with van der Waals surface area (Å²) in [6.45, 7) is 3.06. The Bertz CT molecular complexity index is 1020. The first-order valence-corrected chi connectivity index (χ1v) is 11.1. The molecule has 0 aliphatic heterocycles. The number of fused-ring (bicyclic) bond motifs is 1. The van der Waals surface area contributed by atoms with Crippen molar-refractivity contribution in [1.82, 2.24) is 9.97 Å². The number of aromatic nitrogens is 2. The van der Waals surface area contributed by atoms with Crippen LogP contribution in [0.2, 0.25) is 0 Å². The number of benzene rings is 3. The lowest BCUT2D eigenvalue weighted by Gasteiger charge is -2.08. The maximum atomic E-state index is 5.90. The molecule has 3 nitrogen and oxygen atoms in total. The van der Waals surface area contributed by atoms with Crippen molar-refractivity contribution in [2.45, 2.75) is 45.4 Å². The summed E-state index contributed by atoms with van der Waals surface area (Å²) in [6, 6.07) is 25.1. The third-order valence-corrected chi connectivity index (χ3v) is 5.50. The highest BCUT2D eigenvalue weighted by atomic mass is 16.5.